The average molecular weight is 412 g/mol. The fourth-order valence-electron chi connectivity index (χ4n) is 2.50. The molecular formula is C20H20N4O4S. The van der Waals surface area contributed by atoms with E-state index in [0.29, 0.717) is 11.4 Å². The molecule has 0 radical (unpaired) electrons. The molecule has 1 heterocycles. The van der Waals surface area contributed by atoms with Crippen LogP contribution in [0.4, 0.5) is 5.69 Å². The van der Waals surface area contributed by atoms with E-state index in [0.717, 1.165) is 23.1 Å². The van der Waals surface area contributed by atoms with E-state index in [9.17, 15) is 9.59 Å². The number of nitrogens with zero attached hydrogens (tertiary/aromatic N) is 2. The Morgan fingerprint density at radius 1 is 1.17 bits per heavy atom. The van der Waals surface area contributed by atoms with Crippen molar-refractivity contribution < 1.29 is 19.1 Å². The molecule has 3 rings (SSSR count). The van der Waals surface area contributed by atoms with Gasteiger partial charge in [0.25, 0.3) is 0 Å². The van der Waals surface area contributed by atoms with Gasteiger partial charge in [-0.1, -0.05) is 17.8 Å². The molecule has 1 fully saturated rings. The molecule has 0 unspecified atom stereocenters. The number of carbonyl (C=O) groups excluding carboxylic acids is 2. The Morgan fingerprint density at radius 2 is 1.93 bits per heavy atom. The molecule has 9 heteroatoms. The number of amidine groups is 1. The van der Waals surface area contributed by atoms with Gasteiger partial charge in [0.1, 0.15) is 16.7 Å². The smallest absolute Gasteiger partial charge is 0.238 e. The largest absolute Gasteiger partial charge is 0.497 e. The fraction of sp³-hybridized carbons (Fsp3) is 0.200. The summed E-state index contributed by atoms with van der Waals surface area (Å²) in [5, 5.41) is 13.1. The number of amides is 2. The van der Waals surface area contributed by atoms with E-state index in [4.69, 9.17) is 9.47 Å². The van der Waals surface area contributed by atoms with Crippen molar-refractivity contribution >= 4 is 40.6 Å². The monoisotopic (exact) mass is 412 g/mol. The number of ether oxygens (including phenoxy) is 2. The summed E-state index contributed by atoms with van der Waals surface area (Å²) in [5.41, 5.74) is 1.42. The van der Waals surface area contributed by atoms with Crippen molar-refractivity contribution in [1.29, 1.82) is 0 Å². The zero-order valence-corrected chi connectivity index (χ0v) is 16.7. The molecule has 0 saturated carbocycles. The van der Waals surface area contributed by atoms with Crippen molar-refractivity contribution in [3.05, 3.63) is 54.1 Å². The molecule has 150 valence electrons. The number of methoxy groups -OCH3 is 2. The lowest BCUT2D eigenvalue weighted by molar-refractivity contribution is -0.123. The predicted molar refractivity (Wildman–Crippen MR) is 114 cm³/mol. The first-order valence-electron chi connectivity index (χ1n) is 8.74. The molecule has 0 aliphatic carbocycles. The Balaban J connectivity index is 1.64. The molecular weight excluding hydrogens is 392 g/mol. The lowest BCUT2D eigenvalue weighted by Gasteiger charge is -2.21. The minimum atomic E-state index is -0.607. The van der Waals surface area contributed by atoms with Gasteiger partial charge in [0.05, 0.1) is 20.4 Å². The van der Waals surface area contributed by atoms with Crippen LogP contribution in [0, 0.1) is 0 Å². The standard InChI is InChI=1S/C20H20N4O4S/c1-27-15-8-6-13(7-9-15)12-21-24-20-23-18(25)11-17(29-20)19(26)22-14-4-3-5-16(10-14)28-2/h3-10,12,17H,11H2,1-2H3,(H,22,26)(H,23,24,25)/b21-12-/t17-/m0/s1. The normalized spacial score (nSPS) is 17.8. The van der Waals surface area contributed by atoms with Crippen LogP contribution in [0.3, 0.4) is 0 Å². The van der Waals surface area contributed by atoms with Crippen LogP contribution < -0.4 is 20.1 Å². The third-order valence-electron chi connectivity index (χ3n) is 3.97. The van der Waals surface area contributed by atoms with Gasteiger partial charge >= 0.3 is 0 Å². The van der Waals surface area contributed by atoms with Crippen LogP contribution in [0.25, 0.3) is 0 Å². The van der Waals surface area contributed by atoms with Crippen molar-refractivity contribution in [3.8, 4) is 11.5 Å². The first-order valence-corrected chi connectivity index (χ1v) is 9.62. The van der Waals surface area contributed by atoms with Crippen molar-refractivity contribution in [2.75, 3.05) is 19.5 Å². The van der Waals surface area contributed by atoms with Crippen molar-refractivity contribution in [1.82, 2.24) is 5.32 Å². The van der Waals surface area contributed by atoms with E-state index in [1.807, 2.05) is 24.3 Å². The average Bonchev–Trinajstić information content (AvgIpc) is 2.74. The second kappa shape index (κ2) is 9.74. The maximum Gasteiger partial charge on any atom is 0.238 e. The minimum absolute atomic E-state index is 0.0572. The second-order valence-corrected chi connectivity index (χ2v) is 7.19. The van der Waals surface area contributed by atoms with Crippen molar-refractivity contribution in [2.45, 2.75) is 11.7 Å². The van der Waals surface area contributed by atoms with Gasteiger partial charge in [0.2, 0.25) is 11.8 Å². The van der Waals surface area contributed by atoms with Crippen LogP contribution in [-0.2, 0) is 9.59 Å². The van der Waals surface area contributed by atoms with Gasteiger partial charge in [-0.2, -0.15) is 5.10 Å². The number of carbonyl (C=O) groups is 2. The number of hydrogen-bond acceptors (Lipinski definition) is 7. The first-order chi connectivity index (χ1) is 14.1. The Kier molecular flexibility index (Phi) is 6.85. The Morgan fingerprint density at radius 3 is 2.66 bits per heavy atom. The summed E-state index contributed by atoms with van der Waals surface area (Å²) in [6.07, 6.45) is 1.61. The molecule has 29 heavy (non-hydrogen) atoms. The second-order valence-electron chi connectivity index (χ2n) is 6.00. The molecule has 0 aromatic heterocycles. The quantitative estimate of drug-likeness (QED) is 0.561. The zero-order chi connectivity index (χ0) is 20.6. The highest BCUT2D eigenvalue weighted by Crippen LogP contribution is 2.24. The molecule has 1 aliphatic rings. The van der Waals surface area contributed by atoms with Gasteiger partial charge in [-0.15, -0.1) is 5.10 Å². The number of thioether (sulfide) groups is 1. The molecule has 8 nitrogen and oxygen atoms in total. The zero-order valence-electron chi connectivity index (χ0n) is 15.9. The van der Waals surface area contributed by atoms with Crippen LogP contribution in [0.2, 0.25) is 0 Å². The third kappa shape index (κ3) is 5.82. The topological polar surface area (TPSA) is 101 Å². The predicted octanol–water partition coefficient (Wildman–Crippen LogP) is 2.65. The van der Waals surface area contributed by atoms with Gasteiger partial charge in [-0.05, 0) is 42.0 Å². The van der Waals surface area contributed by atoms with Gasteiger partial charge in [0.15, 0.2) is 5.17 Å². The molecule has 2 amide bonds. The number of anilines is 1. The number of hydrogen-bond donors (Lipinski definition) is 2. The summed E-state index contributed by atoms with van der Waals surface area (Å²) >= 11 is 1.15. The maximum atomic E-state index is 12.6. The summed E-state index contributed by atoms with van der Waals surface area (Å²) in [5.74, 6) is 0.804. The van der Waals surface area contributed by atoms with Crippen LogP contribution >= 0.6 is 11.8 Å². The number of rotatable bonds is 6. The van der Waals surface area contributed by atoms with E-state index in [-0.39, 0.29) is 23.4 Å². The van der Waals surface area contributed by atoms with Gasteiger partial charge < -0.3 is 20.1 Å². The summed E-state index contributed by atoms with van der Waals surface area (Å²) < 4.78 is 10.2. The van der Waals surface area contributed by atoms with E-state index in [2.05, 4.69) is 20.8 Å². The van der Waals surface area contributed by atoms with Gasteiger partial charge in [-0.25, -0.2) is 0 Å². The molecule has 2 aromatic carbocycles. The number of benzene rings is 2. The molecule has 1 aliphatic heterocycles. The Bertz CT molecular complexity index is 944. The summed E-state index contributed by atoms with van der Waals surface area (Å²) in [6.45, 7) is 0. The maximum absolute atomic E-state index is 12.6. The number of nitrogens with one attached hydrogen (secondary N) is 2. The molecule has 1 atom stereocenters. The fourth-order valence-corrected chi connectivity index (χ4v) is 3.44. The van der Waals surface area contributed by atoms with Gasteiger partial charge in [0, 0.05) is 18.2 Å². The van der Waals surface area contributed by atoms with Crippen LogP contribution in [0.5, 0.6) is 11.5 Å². The molecule has 2 aromatic rings. The SMILES string of the molecule is COc1ccc(/C=N\N=C2NC(=O)C[C@@H](C(=O)Nc3cccc(OC)c3)S2)cc1. The molecule has 0 bridgehead atoms. The highest BCUT2D eigenvalue weighted by atomic mass is 32.2. The van der Waals surface area contributed by atoms with Crippen molar-refractivity contribution in [2.24, 2.45) is 10.2 Å². The third-order valence-corrected chi connectivity index (χ3v) is 5.04. The molecule has 2 N–H and O–H groups in total. The van der Waals surface area contributed by atoms with Crippen molar-refractivity contribution in [3.63, 3.8) is 0 Å². The lowest BCUT2D eigenvalue weighted by Crippen LogP contribution is -2.41. The van der Waals surface area contributed by atoms with E-state index in [1.165, 1.54) is 0 Å². The first kappa shape index (κ1) is 20.4. The van der Waals surface area contributed by atoms with E-state index < -0.39 is 5.25 Å². The summed E-state index contributed by atoms with van der Waals surface area (Å²) in [4.78, 5) is 24.5. The minimum Gasteiger partial charge on any atom is -0.497 e. The highest BCUT2D eigenvalue weighted by molar-refractivity contribution is 8.15. The summed E-state index contributed by atoms with van der Waals surface area (Å²) in [7, 11) is 3.15. The Hall–Kier alpha value is -3.33. The molecule has 1 saturated heterocycles. The van der Waals surface area contributed by atoms with E-state index in [1.54, 1.807) is 44.7 Å². The lowest BCUT2D eigenvalue weighted by atomic mass is 10.2. The Labute approximate surface area is 172 Å². The van der Waals surface area contributed by atoms with Crippen LogP contribution in [0.15, 0.2) is 58.7 Å². The molecule has 0 spiro atoms. The summed E-state index contributed by atoms with van der Waals surface area (Å²) in [6, 6.07) is 14.3. The van der Waals surface area contributed by atoms with Crippen LogP contribution in [0.1, 0.15) is 12.0 Å². The van der Waals surface area contributed by atoms with E-state index >= 15 is 0 Å². The highest BCUT2D eigenvalue weighted by Gasteiger charge is 2.30. The van der Waals surface area contributed by atoms with Crippen LogP contribution in [-0.4, -0.2) is 42.7 Å². The van der Waals surface area contributed by atoms with Gasteiger partial charge in [-0.3, -0.25) is 9.59 Å².